The molecule has 148 valence electrons. The third-order valence-electron chi connectivity index (χ3n) is 4.48. The first-order valence-electron chi connectivity index (χ1n) is 8.50. The van der Waals surface area contributed by atoms with Gasteiger partial charge in [0, 0.05) is 18.5 Å². The number of nitrogens with zero attached hydrogens (tertiary/aromatic N) is 4. The molecule has 0 unspecified atom stereocenters. The van der Waals surface area contributed by atoms with E-state index in [4.69, 9.17) is 23.2 Å². The topological polar surface area (TPSA) is 95.6 Å². The van der Waals surface area contributed by atoms with Crippen LogP contribution in [-0.4, -0.2) is 54.3 Å². The Kier molecular flexibility index (Phi) is 5.62. The van der Waals surface area contributed by atoms with Crippen molar-refractivity contribution in [2.75, 3.05) is 17.6 Å². The summed E-state index contributed by atoms with van der Waals surface area (Å²) >= 11 is 13.3. The first kappa shape index (κ1) is 19.7. The van der Waals surface area contributed by atoms with Crippen LogP contribution >= 0.6 is 35.0 Å². The lowest BCUT2D eigenvalue weighted by Crippen LogP contribution is -2.25. The van der Waals surface area contributed by atoms with Crippen molar-refractivity contribution in [1.82, 2.24) is 19.6 Å². The van der Waals surface area contributed by atoms with Gasteiger partial charge in [-0.25, -0.2) is 9.37 Å². The molecule has 1 aromatic carbocycles. The van der Waals surface area contributed by atoms with Crippen molar-refractivity contribution in [3.05, 3.63) is 51.8 Å². The Balaban J connectivity index is 1.55. The fourth-order valence-electron chi connectivity index (χ4n) is 3.05. The fourth-order valence-corrected chi connectivity index (χ4v) is 4.64. The number of halogens is 3. The highest BCUT2D eigenvalue weighted by atomic mass is 35.5. The van der Waals surface area contributed by atoms with Gasteiger partial charge in [-0.1, -0.05) is 29.3 Å². The van der Waals surface area contributed by atoms with E-state index in [1.165, 1.54) is 23.9 Å². The standard InChI is InChI=1S/C17H16Cl2FN5O2S/c18-9-2-1-8(5-10(9)20)3-4-21-15-17-24-23-16(25(17)6-12(19)22-15)14-13(27)11(26)7-28-14/h1-2,5-6,11,13-14,26-27H,3-4,7H2,(H,21,22)/t11-,13-,14-/m1/s1. The maximum Gasteiger partial charge on any atom is 0.203 e. The molecule has 1 fully saturated rings. The van der Waals surface area contributed by atoms with Gasteiger partial charge in [-0.3, -0.25) is 4.40 Å². The molecule has 7 nitrogen and oxygen atoms in total. The Hall–Kier alpha value is -1.65. The van der Waals surface area contributed by atoms with Crippen LogP contribution in [0.1, 0.15) is 16.6 Å². The second-order valence-corrected chi connectivity index (χ2v) is 8.37. The summed E-state index contributed by atoms with van der Waals surface area (Å²) in [5.41, 5.74) is 1.24. The zero-order chi connectivity index (χ0) is 19.8. The van der Waals surface area contributed by atoms with E-state index in [-0.39, 0.29) is 10.2 Å². The van der Waals surface area contributed by atoms with Gasteiger partial charge in [0.15, 0.2) is 11.6 Å². The number of aromatic nitrogens is 4. The number of anilines is 1. The van der Waals surface area contributed by atoms with Crippen LogP contribution in [0.15, 0.2) is 24.4 Å². The van der Waals surface area contributed by atoms with E-state index in [1.54, 1.807) is 16.7 Å². The zero-order valence-corrected chi connectivity index (χ0v) is 16.7. The van der Waals surface area contributed by atoms with Gasteiger partial charge in [0.25, 0.3) is 0 Å². The lowest BCUT2D eigenvalue weighted by atomic mass is 10.1. The quantitative estimate of drug-likeness (QED) is 0.557. The number of hydrogen-bond acceptors (Lipinski definition) is 7. The summed E-state index contributed by atoms with van der Waals surface area (Å²) in [5.74, 6) is 0.886. The molecule has 1 saturated heterocycles. The Morgan fingerprint density at radius 2 is 2.11 bits per heavy atom. The lowest BCUT2D eigenvalue weighted by Gasteiger charge is -2.14. The maximum absolute atomic E-state index is 13.6. The third-order valence-corrected chi connectivity index (χ3v) is 6.36. The van der Waals surface area contributed by atoms with E-state index in [0.29, 0.717) is 36.0 Å². The van der Waals surface area contributed by atoms with Crippen LogP contribution in [-0.2, 0) is 6.42 Å². The highest BCUT2D eigenvalue weighted by molar-refractivity contribution is 7.99. The third kappa shape index (κ3) is 3.77. The Bertz CT molecular complexity index is 1020. The molecule has 0 spiro atoms. The predicted octanol–water partition coefficient (Wildman–Crippen LogP) is 2.73. The normalized spacial score (nSPS) is 22.1. The largest absolute Gasteiger partial charge is 0.390 e. The summed E-state index contributed by atoms with van der Waals surface area (Å²) in [4.78, 5) is 4.26. The second kappa shape index (κ2) is 8.00. The van der Waals surface area contributed by atoms with Crippen molar-refractivity contribution in [1.29, 1.82) is 0 Å². The molecule has 0 aliphatic carbocycles. The van der Waals surface area contributed by atoms with Gasteiger partial charge in [-0.15, -0.1) is 22.0 Å². The summed E-state index contributed by atoms with van der Waals surface area (Å²) in [6.07, 6.45) is 0.376. The van der Waals surface area contributed by atoms with Crippen LogP contribution in [0.3, 0.4) is 0 Å². The van der Waals surface area contributed by atoms with Gasteiger partial charge in [0.05, 0.1) is 22.5 Å². The molecule has 3 atom stereocenters. The number of aliphatic hydroxyl groups excluding tert-OH is 2. The number of hydrogen-bond donors (Lipinski definition) is 3. The van der Waals surface area contributed by atoms with Crippen LogP contribution in [0.4, 0.5) is 10.2 Å². The maximum atomic E-state index is 13.6. The minimum absolute atomic E-state index is 0.0861. The van der Waals surface area contributed by atoms with E-state index >= 15 is 0 Å². The Labute approximate surface area is 173 Å². The van der Waals surface area contributed by atoms with E-state index in [2.05, 4.69) is 20.5 Å². The van der Waals surface area contributed by atoms with E-state index in [0.717, 1.165) is 5.56 Å². The molecule has 1 aliphatic heterocycles. The predicted molar refractivity (Wildman–Crippen MR) is 107 cm³/mol. The summed E-state index contributed by atoms with van der Waals surface area (Å²) in [6, 6.07) is 4.67. The first-order chi connectivity index (χ1) is 13.4. The highest BCUT2D eigenvalue weighted by Gasteiger charge is 2.38. The van der Waals surface area contributed by atoms with Crippen molar-refractivity contribution in [3.63, 3.8) is 0 Å². The zero-order valence-electron chi connectivity index (χ0n) is 14.4. The minimum atomic E-state index is -0.930. The number of fused-ring (bicyclic) bond motifs is 1. The SMILES string of the molecule is O[C@@H]1[C@H](O)CS[C@H]1c1nnc2c(NCCc3ccc(Cl)c(F)c3)nc(Cl)cn12. The fraction of sp³-hybridized carbons (Fsp3) is 0.353. The van der Waals surface area contributed by atoms with Gasteiger partial charge in [0.1, 0.15) is 11.0 Å². The summed E-state index contributed by atoms with van der Waals surface area (Å²) in [5, 5.41) is 31.4. The van der Waals surface area contributed by atoms with Crippen LogP contribution in [0.5, 0.6) is 0 Å². The summed E-state index contributed by atoms with van der Waals surface area (Å²) in [7, 11) is 0. The van der Waals surface area contributed by atoms with Gasteiger partial charge < -0.3 is 15.5 Å². The molecule has 2 aromatic heterocycles. The second-order valence-electron chi connectivity index (χ2n) is 6.40. The highest BCUT2D eigenvalue weighted by Crippen LogP contribution is 2.40. The molecule has 4 rings (SSSR count). The van der Waals surface area contributed by atoms with Crippen LogP contribution in [0.2, 0.25) is 10.2 Å². The van der Waals surface area contributed by atoms with E-state index < -0.39 is 23.3 Å². The van der Waals surface area contributed by atoms with Crippen molar-refractivity contribution in [2.45, 2.75) is 23.9 Å². The summed E-state index contributed by atoms with van der Waals surface area (Å²) < 4.78 is 15.2. The average molecular weight is 444 g/mol. The molecule has 3 heterocycles. The molecule has 11 heteroatoms. The summed E-state index contributed by atoms with van der Waals surface area (Å²) in [6.45, 7) is 0.464. The first-order valence-corrected chi connectivity index (χ1v) is 10.3. The van der Waals surface area contributed by atoms with Crippen LogP contribution < -0.4 is 5.32 Å². The minimum Gasteiger partial charge on any atom is -0.390 e. The van der Waals surface area contributed by atoms with Gasteiger partial charge in [-0.2, -0.15) is 0 Å². The van der Waals surface area contributed by atoms with Crippen molar-refractivity contribution < 1.29 is 14.6 Å². The average Bonchev–Trinajstić information content (AvgIpc) is 3.21. The van der Waals surface area contributed by atoms with Crippen molar-refractivity contribution >= 4 is 46.4 Å². The van der Waals surface area contributed by atoms with Gasteiger partial charge in [0.2, 0.25) is 5.65 Å². The number of aliphatic hydroxyl groups is 2. The molecule has 0 radical (unpaired) electrons. The number of benzene rings is 1. The van der Waals surface area contributed by atoms with E-state index in [1.807, 2.05) is 0 Å². The Morgan fingerprint density at radius 3 is 2.82 bits per heavy atom. The number of rotatable bonds is 5. The molecule has 0 amide bonds. The monoisotopic (exact) mass is 443 g/mol. The van der Waals surface area contributed by atoms with Gasteiger partial charge in [-0.05, 0) is 24.1 Å². The Morgan fingerprint density at radius 1 is 1.29 bits per heavy atom. The smallest absolute Gasteiger partial charge is 0.203 e. The molecule has 3 N–H and O–H groups in total. The molecule has 3 aromatic rings. The molecule has 0 bridgehead atoms. The molecule has 1 aliphatic rings. The van der Waals surface area contributed by atoms with Crippen molar-refractivity contribution in [3.8, 4) is 0 Å². The van der Waals surface area contributed by atoms with E-state index in [9.17, 15) is 14.6 Å². The van der Waals surface area contributed by atoms with Gasteiger partial charge >= 0.3 is 0 Å². The number of thioether (sulfide) groups is 1. The molecular weight excluding hydrogens is 428 g/mol. The van der Waals surface area contributed by atoms with Crippen LogP contribution in [0.25, 0.3) is 5.65 Å². The lowest BCUT2D eigenvalue weighted by molar-refractivity contribution is 0.0404. The molecule has 0 saturated carbocycles. The van der Waals surface area contributed by atoms with Crippen LogP contribution in [0, 0.1) is 5.82 Å². The molecule has 28 heavy (non-hydrogen) atoms. The molecular formula is C17H16Cl2FN5O2S. The number of nitrogens with one attached hydrogen (secondary N) is 1. The van der Waals surface area contributed by atoms with Crippen molar-refractivity contribution in [2.24, 2.45) is 0 Å².